The van der Waals surface area contributed by atoms with Crippen LogP contribution < -0.4 is 4.74 Å². The first-order valence-electron chi connectivity index (χ1n) is 9.07. The molecule has 0 radical (unpaired) electrons. The molecule has 1 aliphatic rings. The molecule has 1 aromatic carbocycles. The molecule has 1 aliphatic heterocycles. The van der Waals surface area contributed by atoms with Crippen LogP contribution in [0.25, 0.3) is 11.5 Å². The number of ether oxygens (including phenoxy) is 1. The summed E-state index contributed by atoms with van der Waals surface area (Å²) in [6.07, 6.45) is 4.89. The number of nitrogens with zero attached hydrogens (tertiary/aromatic N) is 4. The smallest absolute Gasteiger partial charge is 0.244 e. The van der Waals surface area contributed by atoms with E-state index in [0.29, 0.717) is 18.3 Å². The third kappa shape index (κ3) is 3.91. The van der Waals surface area contributed by atoms with Crippen molar-refractivity contribution in [2.24, 2.45) is 0 Å². The third-order valence-electron chi connectivity index (χ3n) is 4.59. The summed E-state index contributed by atoms with van der Waals surface area (Å²) in [5, 5.41) is 4.10. The second kappa shape index (κ2) is 8.10. The summed E-state index contributed by atoms with van der Waals surface area (Å²) in [5.41, 5.74) is 0.739. The average Bonchev–Trinajstić information content (AvgIpc) is 3.36. The van der Waals surface area contributed by atoms with Crippen molar-refractivity contribution in [1.82, 2.24) is 20.0 Å². The molecule has 6 heteroatoms. The van der Waals surface area contributed by atoms with Gasteiger partial charge in [-0.15, -0.1) is 0 Å². The van der Waals surface area contributed by atoms with Gasteiger partial charge in [0.1, 0.15) is 11.4 Å². The summed E-state index contributed by atoms with van der Waals surface area (Å²) in [6, 6.07) is 15.8. The molecular weight excluding hydrogens is 328 g/mol. The number of pyridine rings is 1. The van der Waals surface area contributed by atoms with E-state index in [4.69, 9.17) is 9.26 Å². The van der Waals surface area contributed by atoms with Gasteiger partial charge in [0.05, 0.1) is 12.6 Å². The second-order valence-corrected chi connectivity index (χ2v) is 6.38. The van der Waals surface area contributed by atoms with Crippen LogP contribution in [0.4, 0.5) is 0 Å². The van der Waals surface area contributed by atoms with E-state index >= 15 is 0 Å². The monoisotopic (exact) mass is 350 g/mol. The van der Waals surface area contributed by atoms with E-state index in [1.807, 2.05) is 48.5 Å². The van der Waals surface area contributed by atoms with E-state index in [9.17, 15) is 0 Å². The van der Waals surface area contributed by atoms with E-state index in [2.05, 4.69) is 20.0 Å². The lowest BCUT2D eigenvalue weighted by Crippen LogP contribution is -2.25. The molecule has 1 saturated heterocycles. The fraction of sp³-hybridized carbons (Fsp3) is 0.350. The zero-order chi connectivity index (χ0) is 17.6. The van der Waals surface area contributed by atoms with Gasteiger partial charge in [0.25, 0.3) is 0 Å². The van der Waals surface area contributed by atoms with Crippen LogP contribution in [0.5, 0.6) is 5.75 Å². The predicted octanol–water partition coefficient (Wildman–Crippen LogP) is 3.74. The first kappa shape index (κ1) is 16.7. The maximum Gasteiger partial charge on any atom is 0.244 e. The Labute approximate surface area is 152 Å². The predicted molar refractivity (Wildman–Crippen MR) is 97.6 cm³/mol. The number of hydrogen-bond donors (Lipinski definition) is 0. The fourth-order valence-electron chi connectivity index (χ4n) is 3.32. The van der Waals surface area contributed by atoms with Gasteiger partial charge >= 0.3 is 0 Å². The number of likely N-dealkylation sites (tertiary alicyclic amines) is 1. The van der Waals surface area contributed by atoms with Gasteiger partial charge in [-0.1, -0.05) is 29.4 Å². The standard InChI is InChI=1S/C20H22N4O2/c1-2-8-16(9-3-1)25-15-7-14-24-13-6-11-18(24)20-22-19(23-26-20)17-10-4-5-12-21-17/h1-5,8-10,12,18H,6-7,11,13-15H2/t18-/m0/s1. The van der Waals surface area contributed by atoms with Crippen molar-refractivity contribution in [1.29, 1.82) is 0 Å². The van der Waals surface area contributed by atoms with Crippen LogP contribution in [0.2, 0.25) is 0 Å². The van der Waals surface area contributed by atoms with Crippen molar-refractivity contribution in [3.05, 3.63) is 60.6 Å². The molecule has 0 N–H and O–H groups in total. The summed E-state index contributed by atoms with van der Waals surface area (Å²) in [5.74, 6) is 2.16. The van der Waals surface area contributed by atoms with Crippen molar-refractivity contribution in [2.75, 3.05) is 19.7 Å². The fourth-order valence-corrected chi connectivity index (χ4v) is 3.32. The summed E-state index contributed by atoms with van der Waals surface area (Å²) in [6.45, 7) is 2.71. The lowest BCUT2D eigenvalue weighted by Gasteiger charge is -2.21. The lowest BCUT2D eigenvalue weighted by atomic mass is 10.2. The van der Waals surface area contributed by atoms with Crippen LogP contribution in [0, 0.1) is 0 Å². The largest absolute Gasteiger partial charge is 0.494 e. The first-order valence-corrected chi connectivity index (χ1v) is 9.07. The summed E-state index contributed by atoms with van der Waals surface area (Å²) in [7, 11) is 0. The number of aromatic nitrogens is 3. The SMILES string of the molecule is c1ccc(OCCCN2CCC[C@H]2c2nc(-c3ccccn3)no2)cc1. The molecule has 3 heterocycles. The van der Waals surface area contributed by atoms with Gasteiger partial charge in [-0.2, -0.15) is 4.98 Å². The zero-order valence-corrected chi connectivity index (χ0v) is 14.6. The Balaban J connectivity index is 1.33. The molecule has 0 spiro atoms. The van der Waals surface area contributed by atoms with Gasteiger partial charge in [0.2, 0.25) is 11.7 Å². The minimum absolute atomic E-state index is 0.191. The molecule has 4 rings (SSSR count). The first-order chi connectivity index (χ1) is 12.9. The van der Waals surface area contributed by atoms with Crippen molar-refractivity contribution >= 4 is 0 Å². The highest BCUT2D eigenvalue weighted by atomic mass is 16.5. The average molecular weight is 350 g/mol. The Morgan fingerprint density at radius 2 is 2.00 bits per heavy atom. The minimum Gasteiger partial charge on any atom is -0.494 e. The molecule has 0 amide bonds. The highest BCUT2D eigenvalue weighted by Crippen LogP contribution is 2.31. The van der Waals surface area contributed by atoms with Gasteiger partial charge in [-0.05, 0) is 50.1 Å². The van der Waals surface area contributed by atoms with Crippen molar-refractivity contribution in [2.45, 2.75) is 25.3 Å². The summed E-state index contributed by atoms with van der Waals surface area (Å²) < 4.78 is 11.3. The molecule has 6 nitrogen and oxygen atoms in total. The zero-order valence-electron chi connectivity index (χ0n) is 14.6. The Morgan fingerprint density at radius 1 is 1.12 bits per heavy atom. The second-order valence-electron chi connectivity index (χ2n) is 6.38. The highest BCUT2D eigenvalue weighted by Gasteiger charge is 2.30. The molecule has 0 saturated carbocycles. The van der Waals surface area contributed by atoms with Gasteiger partial charge in [-0.3, -0.25) is 9.88 Å². The third-order valence-corrected chi connectivity index (χ3v) is 4.59. The van der Waals surface area contributed by atoms with Crippen LogP contribution in [0.3, 0.4) is 0 Å². The summed E-state index contributed by atoms with van der Waals surface area (Å²) >= 11 is 0. The van der Waals surface area contributed by atoms with E-state index in [1.165, 1.54) is 0 Å². The van der Waals surface area contributed by atoms with Gasteiger partial charge in [0.15, 0.2) is 0 Å². The number of hydrogen-bond acceptors (Lipinski definition) is 6. The number of para-hydroxylation sites is 1. The van der Waals surface area contributed by atoms with Crippen molar-refractivity contribution in [3.8, 4) is 17.3 Å². The van der Waals surface area contributed by atoms with Crippen LogP contribution >= 0.6 is 0 Å². The number of benzene rings is 1. The Morgan fingerprint density at radius 3 is 2.85 bits per heavy atom. The van der Waals surface area contributed by atoms with E-state index in [0.717, 1.165) is 43.8 Å². The molecule has 3 aromatic rings. The topological polar surface area (TPSA) is 64.3 Å². The lowest BCUT2D eigenvalue weighted by molar-refractivity contribution is 0.190. The quantitative estimate of drug-likeness (QED) is 0.605. The molecule has 0 bridgehead atoms. The van der Waals surface area contributed by atoms with Gasteiger partial charge in [0, 0.05) is 12.7 Å². The minimum atomic E-state index is 0.191. The maximum atomic E-state index is 5.78. The van der Waals surface area contributed by atoms with Crippen LogP contribution in [-0.4, -0.2) is 39.7 Å². The van der Waals surface area contributed by atoms with Crippen LogP contribution in [0.15, 0.2) is 59.3 Å². The molecule has 0 aliphatic carbocycles. The van der Waals surface area contributed by atoms with Crippen molar-refractivity contribution in [3.63, 3.8) is 0 Å². The Kier molecular flexibility index (Phi) is 5.21. The van der Waals surface area contributed by atoms with E-state index < -0.39 is 0 Å². The maximum absolute atomic E-state index is 5.78. The molecular formula is C20H22N4O2. The van der Waals surface area contributed by atoms with Crippen LogP contribution in [-0.2, 0) is 0 Å². The molecule has 1 fully saturated rings. The normalized spacial score (nSPS) is 17.5. The Bertz CT molecular complexity index is 807. The van der Waals surface area contributed by atoms with Gasteiger partial charge < -0.3 is 9.26 Å². The molecule has 1 atom stereocenters. The van der Waals surface area contributed by atoms with E-state index in [-0.39, 0.29) is 6.04 Å². The summed E-state index contributed by atoms with van der Waals surface area (Å²) in [4.78, 5) is 11.3. The molecule has 134 valence electrons. The molecule has 0 unspecified atom stereocenters. The van der Waals surface area contributed by atoms with Crippen LogP contribution in [0.1, 0.15) is 31.2 Å². The Hall–Kier alpha value is -2.73. The number of rotatable bonds is 7. The van der Waals surface area contributed by atoms with Crippen molar-refractivity contribution < 1.29 is 9.26 Å². The van der Waals surface area contributed by atoms with Gasteiger partial charge in [-0.25, -0.2) is 0 Å². The molecule has 2 aromatic heterocycles. The van der Waals surface area contributed by atoms with E-state index in [1.54, 1.807) is 6.20 Å². The molecule has 26 heavy (non-hydrogen) atoms. The highest BCUT2D eigenvalue weighted by molar-refractivity contribution is 5.47.